The van der Waals surface area contributed by atoms with Crippen molar-refractivity contribution in [3.63, 3.8) is 0 Å². The van der Waals surface area contributed by atoms with Crippen molar-refractivity contribution in [1.29, 1.82) is 0 Å². The van der Waals surface area contributed by atoms with Gasteiger partial charge in [-0.3, -0.25) is 9.69 Å². The molecule has 0 aromatic rings. The highest BCUT2D eigenvalue weighted by atomic mass is 35.5. The van der Waals surface area contributed by atoms with E-state index in [1.165, 1.54) is 4.90 Å². The summed E-state index contributed by atoms with van der Waals surface area (Å²) in [5, 5.41) is 5.47. The summed E-state index contributed by atoms with van der Waals surface area (Å²) in [4.78, 5) is 13.2. The molecule has 0 aromatic carbocycles. The Bertz CT molecular complexity index is 320. The van der Waals surface area contributed by atoms with E-state index in [4.69, 9.17) is 0 Å². The van der Waals surface area contributed by atoms with Crippen molar-refractivity contribution in [2.45, 2.75) is 33.0 Å². The average molecular weight is 332 g/mol. The van der Waals surface area contributed by atoms with Crippen molar-refractivity contribution < 1.29 is 18.0 Å². The summed E-state index contributed by atoms with van der Waals surface area (Å²) in [5.41, 5.74) is 0. The van der Waals surface area contributed by atoms with Crippen LogP contribution in [0.1, 0.15) is 20.8 Å². The highest BCUT2D eigenvalue weighted by Gasteiger charge is 2.43. The summed E-state index contributed by atoms with van der Waals surface area (Å²) in [6.07, 6.45) is -4.33. The smallest absolute Gasteiger partial charge is 0.354 e. The highest BCUT2D eigenvalue weighted by Crippen LogP contribution is 2.25. The van der Waals surface area contributed by atoms with Crippen molar-refractivity contribution in [3.8, 4) is 0 Å². The van der Waals surface area contributed by atoms with Gasteiger partial charge in [-0.05, 0) is 5.92 Å². The standard InChI is InChI=1S/C13H24F3N3O.ClH/c1-9(2)10(3)12(20)18-8-11(13(14,15)16)19-6-4-17-5-7-19;/h9-11,17H,4-8H2,1-3H3,(H,18,20);1H. The summed E-state index contributed by atoms with van der Waals surface area (Å²) < 4.78 is 39.3. The number of rotatable bonds is 5. The number of halogens is 4. The fourth-order valence-electron chi connectivity index (χ4n) is 2.11. The van der Waals surface area contributed by atoms with E-state index in [1.807, 2.05) is 13.8 Å². The average Bonchev–Trinajstić information content (AvgIpc) is 2.37. The van der Waals surface area contributed by atoms with Gasteiger partial charge in [0.25, 0.3) is 0 Å². The Hall–Kier alpha value is -0.530. The van der Waals surface area contributed by atoms with E-state index in [1.54, 1.807) is 6.92 Å². The number of carbonyl (C=O) groups excluding carboxylic acids is 1. The fourth-order valence-corrected chi connectivity index (χ4v) is 2.11. The molecule has 1 saturated heterocycles. The fraction of sp³-hybridized carbons (Fsp3) is 0.923. The van der Waals surface area contributed by atoms with Gasteiger partial charge in [0.2, 0.25) is 5.91 Å². The van der Waals surface area contributed by atoms with E-state index < -0.39 is 12.2 Å². The molecule has 0 saturated carbocycles. The molecule has 1 fully saturated rings. The maximum absolute atomic E-state index is 13.1. The lowest BCUT2D eigenvalue weighted by molar-refractivity contribution is -0.184. The van der Waals surface area contributed by atoms with E-state index in [2.05, 4.69) is 10.6 Å². The molecule has 1 amide bonds. The van der Waals surface area contributed by atoms with Crippen molar-refractivity contribution in [3.05, 3.63) is 0 Å². The second-order valence-electron chi connectivity index (χ2n) is 5.62. The molecule has 2 atom stereocenters. The molecule has 8 heteroatoms. The van der Waals surface area contributed by atoms with E-state index >= 15 is 0 Å². The van der Waals surface area contributed by atoms with Crippen LogP contribution in [0.2, 0.25) is 0 Å². The van der Waals surface area contributed by atoms with Gasteiger partial charge in [-0.2, -0.15) is 13.2 Å². The van der Waals surface area contributed by atoms with Crippen LogP contribution in [0.3, 0.4) is 0 Å². The molecular weight excluding hydrogens is 307 g/mol. The zero-order chi connectivity index (χ0) is 15.3. The van der Waals surface area contributed by atoms with Gasteiger partial charge in [-0.1, -0.05) is 20.8 Å². The number of nitrogens with zero attached hydrogens (tertiary/aromatic N) is 1. The van der Waals surface area contributed by atoms with Crippen LogP contribution in [0, 0.1) is 11.8 Å². The first-order chi connectivity index (χ1) is 9.23. The SMILES string of the molecule is CC(C)C(C)C(=O)NCC(N1CCNCC1)C(F)(F)F.Cl. The third-order valence-corrected chi connectivity index (χ3v) is 3.85. The number of nitrogens with one attached hydrogen (secondary N) is 2. The maximum Gasteiger partial charge on any atom is 0.405 e. The molecule has 1 heterocycles. The van der Waals surface area contributed by atoms with Crippen LogP contribution in [0.4, 0.5) is 13.2 Å². The van der Waals surface area contributed by atoms with Crippen molar-refractivity contribution in [1.82, 2.24) is 15.5 Å². The molecule has 1 rings (SSSR count). The summed E-state index contributed by atoms with van der Waals surface area (Å²) in [7, 11) is 0. The van der Waals surface area contributed by atoms with Gasteiger partial charge in [0, 0.05) is 38.6 Å². The lowest BCUT2D eigenvalue weighted by atomic mass is 9.97. The summed E-state index contributed by atoms with van der Waals surface area (Å²) in [5.74, 6) is -0.491. The number of hydrogen-bond acceptors (Lipinski definition) is 3. The minimum Gasteiger partial charge on any atom is -0.354 e. The molecule has 0 aromatic heterocycles. The lowest BCUT2D eigenvalue weighted by Gasteiger charge is -2.36. The van der Waals surface area contributed by atoms with Gasteiger partial charge >= 0.3 is 6.18 Å². The molecule has 4 nitrogen and oxygen atoms in total. The predicted octanol–water partition coefficient (Wildman–Crippen LogP) is 1.65. The molecule has 2 N–H and O–H groups in total. The van der Waals surface area contributed by atoms with Gasteiger partial charge in [-0.25, -0.2) is 0 Å². The van der Waals surface area contributed by atoms with E-state index in [0.717, 1.165) is 0 Å². The number of piperazine rings is 1. The van der Waals surface area contributed by atoms with Crippen LogP contribution < -0.4 is 10.6 Å². The third kappa shape index (κ3) is 6.40. The monoisotopic (exact) mass is 331 g/mol. The molecule has 126 valence electrons. The van der Waals surface area contributed by atoms with Gasteiger partial charge in [0.1, 0.15) is 6.04 Å². The Morgan fingerprint density at radius 3 is 2.19 bits per heavy atom. The first-order valence-electron chi connectivity index (χ1n) is 7.02. The van der Waals surface area contributed by atoms with Crippen LogP contribution >= 0.6 is 12.4 Å². The Balaban J connectivity index is 0.00000400. The topological polar surface area (TPSA) is 44.4 Å². The van der Waals surface area contributed by atoms with Crippen LogP contribution in [-0.2, 0) is 4.79 Å². The van der Waals surface area contributed by atoms with Gasteiger partial charge < -0.3 is 10.6 Å². The summed E-state index contributed by atoms with van der Waals surface area (Å²) in [6, 6.07) is -1.60. The summed E-state index contributed by atoms with van der Waals surface area (Å²) >= 11 is 0. The zero-order valence-electron chi connectivity index (χ0n) is 12.7. The Kier molecular flexibility index (Phi) is 8.58. The molecule has 0 aliphatic carbocycles. The lowest BCUT2D eigenvalue weighted by Crippen LogP contribution is -2.57. The zero-order valence-corrected chi connectivity index (χ0v) is 13.5. The van der Waals surface area contributed by atoms with Gasteiger partial charge in [0.05, 0.1) is 0 Å². The highest BCUT2D eigenvalue weighted by molar-refractivity contribution is 5.85. The van der Waals surface area contributed by atoms with E-state index in [-0.39, 0.29) is 36.7 Å². The van der Waals surface area contributed by atoms with Crippen LogP contribution in [0.25, 0.3) is 0 Å². The second kappa shape index (κ2) is 8.80. The number of alkyl halides is 3. The largest absolute Gasteiger partial charge is 0.405 e. The Labute approximate surface area is 130 Å². The van der Waals surface area contributed by atoms with Crippen molar-refractivity contribution in [2.24, 2.45) is 11.8 Å². The number of carbonyl (C=O) groups is 1. The van der Waals surface area contributed by atoms with E-state index in [0.29, 0.717) is 26.2 Å². The molecule has 0 bridgehead atoms. The molecule has 0 radical (unpaired) electrons. The first-order valence-corrected chi connectivity index (χ1v) is 7.02. The van der Waals surface area contributed by atoms with Crippen LogP contribution in [0.15, 0.2) is 0 Å². The van der Waals surface area contributed by atoms with Crippen LogP contribution in [-0.4, -0.2) is 55.7 Å². The van der Waals surface area contributed by atoms with E-state index in [9.17, 15) is 18.0 Å². The quantitative estimate of drug-likeness (QED) is 0.805. The molecule has 21 heavy (non-hydrogen) atoms. The molecular formula is C13H25ClF3N3O. The van der Waals surface area contributed by atoms with Gasteiger partial charge in [-0.15, -0.1) is 12.4 Å². The maximum atomic E-state index is 13.1. The minimum atomic E-state index is -4.33. The molecule has 0 spiro atoms. The molecule has 1 aliphatic rings. The summed E-state index contributed by atoms with van der Waals surface area (Å²) in [6.45, 7) is 6.89. The first kappa shape index (κ1) is 20.5. The minimum absolute atomic E-state index is 0. The number of hydrogen-bond donors (Lipinski definition) is 2. The third-order valence-electron chi connectivity index (χ3n) is 3.85. The normalized spacial score (nSPS) is 19.8. The predicted molar refractivity (Wildman–Crippen MR) is 78.5 cm³/mol. The van der Waals surface area contributed by atoms with Gasteiger partial charge in [0.15, 0.2) is 0 Å². The second-order valence-corrected chi connectivity index (χ2v) is 5.62. The Morgan fingerprint density at radius 2 is 1.76 bits per heavy atom. The Morgan fingerprint density at radius 1 is 1.24 bits per heavy atom. The van der Waals surface area contributed by atoms with Crippen LogP contribution in [0.5, 0.6) is 0 Å². The van der Waals surface area contributed by atoms with Crippen molar-refractivity contribution in [2.75, 3.05) is 32.7 Å². The molecule has 2 unspecified atom stereocenters. The van der Waals surface area contributed by atoms with Crippen molar-refractivity contribution >= 4 is 18.3 Å². The number of amides is 1. The molecule has 1 aliphatic heterocycles.